The van der Waals surface area contributed by atoms with Gasteiger partial charge in [-0.05, 0) is 147 Å². The molecule has 0 spiro atoms. The van der Waals surface area contributed by atoms with Gasteiger partial charge in [0, 0.05) is 45.1 Å². The van der Waals surface area contributed by atoms with Crippen molar-refractivity contribution in [2.75, 3.05) is 13.2 Å². The fourth-order valence-corrected chi connectivity index (χ4v) is 34.4. The molecule has 6 fully saturated rings. The first kappa shape index (κ1) is 80.8. The minimum absolute atomic E-state index is 0.0166. The van der Waals surface area contributed by atoms with Crippen LogP contribution < -0.4 is 10.4 Å². The van der Waals surface area contributed by atoms with Gasteiger partial charge >= 0.3 is 0 Å². The molecule has 0 aromatic heterocycles. The van der Waals surface area contributed by atoms with E-state index in [2.05, 4.69) is 258 Å². The zero-order chi connectivity index (χ0) is 72.5. The van der Waals surface area contributed by atoms with Crippen molar-refractivity contribution in [2.45, 2.75) is 407 Å². The largest absolute Gasteiger partial charge is 0.414 e. The van der Waals surface area contributed by atoms with Gasteiger partial charge in [0.05, 0.1) is 90.6 Å². The quantitative estimate of drug-likeness (QED) is 0.0608. The number of hydrogen-bond acceptors (Lipinski definition) is 13. The van der Waals surface area contributed by atoms with Crippen molar-refractivity contribution in [1.82, 2.24) is 0 Å². The molecule has 558 valence electrons. The summed E-state index contributed by atoms with van der Waals surface area (Å²) in [7, 11) is -11.9. The average Bonchev–Trinajstić information content (AvgIpc) is 0.904. The first-order valence-electron chi connectivity index (χ1n) is 38.8. The summed E-state index contributed by atoms with van der Waals surface area (Å²) in [6.07, 6.45) is 6.63. The molecule has 0 bridgehead atoms. The summed E-state index contributed by atoms with van der Waals surface area (Å²) in [5.74, 6) is 0. The molecule has 18 heteroatoms. The van der Waals surface area contributed by atoms with E-state index < -0.39 is 81.8 Å². The van der Waals surface area contributed by atoms with Gasteiger partial charge in [-0.25, -0.2) is 0 Å². The molecule has 2 aromatic rings. The maximum Gasteiger partial charge on any atom is 0.261 e. The van der Waals surface area contributed by atoms with Gasteiger partial charge in [0.2, 0.25) is 8.32 Å². The van der Waals surface area contributed by atoms with Crippen LogP contribution in [0.5, 0.6) is 0 Å². The lowest BCUT2D eigenvalue weighted by atomic mass is 9.73. The normalized spacial score (nSPS) is 36.3. The summed E-state index contributed by atoms with van der Waals surface area (Å²) in [5, 5.41) is 15.1. The number of rotatable bonds is 24. The van der Waals surface area contributed by atoms with Crippen molar-refractivity contribution in [3.8, 4) is 0 Å². The van der Waals surface area contributed by atoms with E-state index >= 15 is 0 Å². The van der Waals surface area contributed by atoms with E-state index in [1.165, 1.54) is 10.4 Å². The van der Waals surface area contributed by atoms with E-state index in [0.717, 1.165) is 37.4 Å². The molecule has 0 radical (unpaired) electrons. The maximum absolute atomic E-state index is 12.6. The van der Waals surface area contributed by atoms with Crippen LogP contribution in [0.4, 0.5) is 0 Å². The van der Waals surface area contributed by atoms with Crippen LogP contribution >= 0.6 is 0 Å². The van der Waals surface area contributed by atoms with Crippen LogP contribution in [-0.2, 0) is 55.3 Å². The highest BCUT2D eigenvalue weighted by molar-refractivity contribution is 6.99. The predicted molar refractivity (Wildman–Crippen MR) is 412 cm³/mol. The van der Waals surface area contributed by atoms with Crippen molar-refractivity contribution >= 4 is 52.0 Å². The Morgan fingerprint density at radius 3 is 1.69 bits per heavy atom. The summed E-state index contributed by atoms with van der Waals surface area (Å²) in [5.41, 5.74) is -2.58. The highest BCUT2D eigenvalue weighted by Crippen LogP contribution is 2.56. The van der Waals surface area contributed by atoms with Crippen LogP contribution in [0.3, 0.4) is 0 Å². The van der Waals surface area contributed by atoms with Gasteiger partial charge in [0.25, 0.3) is 8.32 Å². The summed E-state index contributed by atoms with van der Waals surface area (Å²) >= 11 is 0. The second-order valence-corrected chi connectivity index (χ2v) is 61.5. The minimum atomic E-state index is -2.76. The van der Waals surface area contributed by atoms with Gasteiger partial charge in [0.15, 0.2) is 25.0 Å². The molecule has 9 rings (SSSR count). The average molecular weight is 1450 g/mol. The SMILES string of the molecule is CC[Si](CC)(CC)O[C@H]1C[C@@]2(C)O[C@@]3(C)[C@@H](O[Si](C(C)C)(C(C)C)C(C)C)C[C@H](CCCO[Si](c4ccccc4)(c4ccccc4)C(C)(C)C)O[C@@H]3C[C@@H]2O[C@@H]1C[C@@H]1O[C@]2(C)C[C@]3(C)O[C@@H]4C=C[C@](C)(O[Si](C)(C)C(C)(C)C)[C@@H](CO[Si](C)(C)C(C)(C)C)O[C@H]4C[C@H]3O[C@H]2CC[C@H]1O. The highest BCUT2D eigenvalue weighted by atomic mass is 28.4. The zero-order valence-electron chi connectivity index (χ0n) is 66.6. The molecule has 0 saturated carbocycles. The number of fused-ring (bicyclic) bond motifs is 5. The van der Waals surface area contributed by atoms with Gasteiger partial charge < -0.3 is 60.4 Å². The summed E-state index contributed by atoms with van der Waals surface area (Å²) in [4.78, 5) is 0. The summed E-state index contributed by atoms with van der Waals surface area (Å²) in [6, 6.07) is 25.0. The Kier molecular flexibility index (Phi) is 24.6. The molecule has 7 aliphatic heterocycles. The molecule has 0 aliphatic carbocycles. The van der Waals surface area contributed by atoms with E-state index in [0.29, 0.717) is 74.8 Å². The van der Waals surface area contributed by atoms with Gasteiger partial charge in [-0.3, -0.25) is 0 Å². The molecule has 2 aromatic carbocycles. The molecular weight excluding hydrogens is 1310 g/mol. The number of ether oxygens (including phenoxy) is 7. The van der Waals surface area contributed by atoms with E-state index in [-0.39, 0.29) is 82.3 Å². The first-order chi connectivity index (χ1) is 45.3. The van der Waals surface area contributed by atoms with Crippen molar-refractivity contribution in [2.24, 2.45) is 0 Å². The summed E-state index contributed by atoms with van der Waals surface area (Å²) < 4.78 is 90.8. The van der Waals surface area contributed by atoms with Crippen LogP contribution in [0.1, 0.15) is 223 Å². The van der Waals surface area contributed by atoms with Gasteiger partial charge in [0.1, 0.15) is 23.4 Å². The third-order valence-corrected chi connectivity index (χ3v) is 51.6. The molecule has 1 N–H and O–H groups in total. The lowest BCUT2D eigenvalue weighted by molar-refractivity contribution is -0.355. The molecule has 7 heterocycles. The lowest BCUT2D eigenvalue weighted by Gasteiger charge is -2.62. The Morgan fingerprint density at radius 1 is 0.592 bits per heavy atom. The maximum atomic E-state index is 12.6. The standard InChI is InChI=1S/C80H140O13Si5/c1-28-96(29-2,30-3)90-66-52-77(20)69(51-70-80(23,92-77)71(91-97(55(4)5,56(6)7)57(8)9)48-58(84-70)38-37-47-82-98(75(16,17)18,59-39-33-31-34-40-59)60-41-35-32-36-42-60)85-64(66)49-63-61(81)43-44-67-78(21,89-63)54-79(22)68(87-67)50-65-62(88-79)45-46-76(19,93-95(26,27)74(13,14)15)72(86-65)53-83-94(24,25)73(10,11)12/h31-36,39-42,45-46,55-58,61-72,81H,28-30,37-38,43-44,47-54H2,1-27H3/t58-,61+,62+,63-,64+,65-,66-,67-,68+,69-,70+,71-,72+,76-,77+,78+,79-,80+/m0/s1. The summed E-state index contributed by atoms with van der Waals surface area (Å²) in [6.45, 7) is 63.7. The minimum Gasteiger partial charge on any atom is -0.414 e. The number of benzene rings is 2. The van der Waals surface area contributed by atoms with Crippen LogP contribution in [0.2, 0.25) is 76.1 Å². The first-order valence-corrected chi connectivity index (χ1v) is 51.2. The molecule has 18 atom stereocenters. The van der Waals surface area contributed by atoms with Crippen LogP contribution in [0, 0.1) is 0 Å². The molecular formula is C80H140O13Si5. The van der Waals surface area contributed by atoms with E-state index in [1.54, 1.807) is 0 Å². The second kappa shape index (κ2) is 29.8. The molecule has 7 aliphatic rings. The van der Waals surface area contributed by atoms with E-state index in [1.807, 2.05) is 0 Å². The van der Waals surface area contributed by atoms with Gasteiger partial charge in [-0.1, -0.05) is 197 Å². The zero-order valence-corrected chi connectivity index (χ0v) is 71.6. The van der Waals surface area contributed by atoms with Gasteiger partial charge in [-0.2, -0.15) is 0 Å². The van der Waals surface area contributed by atoms with E-state index in [9.17, 15) is 5.11 Å². The Hall–Kier alpha value is -1.26. The monoisotopic (exact) mass is 1450 g/mol. The van der Waals surface area contributed by atoms with Crippen molar-refractivity contribution < 1.29 is 60.4 Å². The van der Waals surface area contributed by atoms with Gasteiger partial charge in [-0.15, -0.1) is 0 Å². The second-order valence-electron chi connectivity index (χ2n) is 37.6. The van der Waals surface area contributed by atoms with Crippen molar-refractivity contribution in [3.05, 3.63) is 72.8 Å². The Balaban J connectivity index is 0.987. The molecule has 0 amide bonds. The highest BCUT2D eigenvalue weighted by Gasteiger charge is 2.66. The molecule has 0 unspecified atom stereocenters. The topological polar surface area (TPSA) is 131 Å². The molecule has 98 heavy (non-hydrogen) atoms. The fraction of sp³-hybridized carbons (Fsp3) is 0.825. The third kappa shape index (κ3) is 15.9. The Labute approximate surface area is 601 Å². The Morgan fingerprint density at radius 2 is 1.15 bits per heavy atom. The number of aliphatic hydroxyl groups is 1. The smallest absolute Gasteiger partial charge is 0.261 e. The van der Waals surface area contributed by atoms with Crippen LogP contribution in [0.25, 0.3) is 0 Å². The molecule has 6 saturated heterocycles. The van der Waals surface area contributed by atoms with E-state index in [4.69, 9.17) is 55.3 Å². The number of hydrogen-bond donors (Lipinski definition) is 1. The lowest BCUT2D eigenvalue weighted by Crippen LogP contribution is -2.73. The van der Waals surface area contributed by atoms with Crippen LogP contribution in [-0.4, -0.2) is 167 Å². The number of aliphatic hydroxyl groups excluding tert-OH is 1. The molecule has 13 nitrogen and oxygen atoms in total. The van der Waals surface area contributed by atoms with Crippen molar-refractivity contribution in [3.63, 3.8) is 0 Å². The predicted octanol–water partition coefficient (Wildman–Crippen LogP) is 18.1. The van der Waals surface area contributed by atoms with Crippen molar-refractivity contribution in [1.29, 1.82) is 0 Å². The third-order valence-electron chi connectivity index (χ3n) is 26.8. The van der Waals surface area contributed by atoms with Crippen LogP contribution in [0.15, 0.2) is 72.8 Å². The Bertz CT molecular complexity index is 2880. The fourth-order valence-electron chi connectivity index (χ4n) is 18.7.